The van der Waals surface area contributed by atoms with Gasteiger partial charge in [0.15, 0.2) is 0 Å². The summed E-state index contributed by atoms with van der Waals surface area (Å²) in [4.78, 5) is 0. The maximum atomic E-state index is 14.3. The highest BCUT2D eigenvalue weighted by Crippen LogP contribution is 2.34. The van der Waals surface area contributed by atoms with Crippen LogP contribution in [0.1, 0.15) is 29.9 Å². The first-order valence-corrected chi connectivity index (χ1v) is 7.28. The third kappa shape index (κ3) is 2.68. The van der Waals surface area contributed by atoms with Gasteiger partial charge in [-0.15, -0.1) is 0 Å². The summed E-state index contributed by atoms with van der Waals surface area (Å²) in [5, 5.41) is 13.5. The largest absolute Gasteiger partial charge is 0.207 e. The molecular weight excluding hydrogens is 301 g/mol. The lowest BCUT2D eigenvalue weighted by atomic mass is 9.86. The van der Waals surface area contributed by atoms with Gasteiger partial charge in [0, 0.05) is 22.9 Å². The normalized spacial score (nSPS) is 13.8. The van der Waals surface area contributed by atoms with Gasteiger partial charge in [0.25, 0.3) is 0 Å². The van der Waals surface area contributed by atoms with Crippen LogP contribution in [0.25, 0.3) is 0 Å². The fourth-order valence-corrected chi connectivity index (χ4v) is 2.79. The zero-order valence-electron chi connectivity index (χ0n) is 11.6. The molecule has 1 unspecified atom stereocenters. The standard InChI is InChI=1S/C17H12ClFN3/c18-11-7-8-12(15(19)10-11)13(5-3-9-20)17-14-4-1-2-6-16(14)21-22-17/h1-2,4,6-8,10,13H,3,5H2. The Labute approximate surface area is 133 Å². The monoisotopic (exact) mass is 312 g/mol. The van der Waals surface area contributed by atoms with Crippen LogP contribution >= 0.6 is 11.6 Å². The van der Waals surface area contributed by atoms with Crippen LogP contribution in [0.3, 0.4) is 0 Å². The van der Waals surface area contributed by atoms with E-state index in [-0.39, 0.29) is 11.7 Å². The quantitative estimate of drug-likeness (QED) is 0.818. The van der Waals surface area contributed by atoms with Gasteiger partial charge in [-0.3, -0.25) is 0 Å². The van der Waals surface area contributed by atoms with E-state index in [0.717, 1.165) is 11.3 Å². The molecule has 1 heterocycles. The van der Waals surface area contributed by atoms with Crippen LogP contribution in [0.4, 0.5) is 10.1 Å². The number of hydrogen-bond donors (Lipinski definition) is 0. The van der Waals surface area contributed by atoms with Crippen molar-refractivity contribution in [2.45, 2.75) is 18.8 Å². The molecule has 2 aromatic carbocycles. The molecular formula is C17H12ClFN3. The molecule has 0 aromatic heterocycles. The van der Waals surface area contributed by atoms with E-state index in [0.29, 0.717) is 29.1 Å². The number of rotatable bonds is 4. The van der Waals surface area contributed by atoms with Gasteiger partial charge >= 0.3 is 0 Å². The van der Waals surface area contributed by atoms with Crippen LogP contribution in [0.2, 0.25) is 5.02 Å². The molecule has 0 amide bonds. The lowest BCUT2D eigenvalue weighted by molar-refractivity contribution is 0.597. The van der Waals surface area contributed by atoms with E-state index in [2.05, 4.69) is 16.6 Å². The van der Waals surface area contributed by atoms with Gasteiger partial charge in [-0.25, -0.2) is 4.39 Å². The molecule has 22 heavy (non-hydrogen) atoms. The van der Waals surface area contributed by atoms with Crippen LogP contribution in [0.5, 0.6) is 0 Å². The van der Waals surface area contributed by atoms with Crippen molar-refractivity contribution in [3.8, 4) is 6.07 Å². The summed E-state index contributed by atoms with van der Waals surface area (Å²) < 4.78 is 14.3. The zero-order chi connectivity index (χ0) is 15.5. The van der Waals surface area contributed by atoms with Crippen molar-refractivity contribution in [2.75, 3.05) is 0 Å². The van der Waals surface area contributed by atoms with Gasteiger partial charge in [-0.05, 0) is 30.2 Å². The summed E-state index contributed by atoms with van der Waals surface area (Å²) in [7, 11) is 0. The highest BCUT2D eigenvalue weighted by molar-refractivity contribution is 6.30. The van der Waals surface area contributed by atoms with Crippen molar-refractivity contribution < 1.29 is 4.39 Å². The van der Waals surface area contributed by atoms with Crippen molar-refractivity contribution in [3.63, 3.8) is 0 Å². The predicted molar refractivity (Wildman–Crippen MR) is 83.8 cm³/mol. The molecule has 3 nitrogen and oxygen atoms in total. The van der Waals surface area contributed by atoms with Gasteiger partial charge < -0.3 is 0 Å². The SMILES string of the molecule is N#CCCC(C1=N[N]c2ccccc21)c1ccc(Cl)cc1F. The van der Waals surface area contributed by atoms with Crippen molar-refractivity contribution in [3.05, 3.63) is 64.4 Å². The van der Waals surface area contributed by atoms with Gasteiger partial charge in [0.2, 0.25) is 0 Å². The number of nitriles is 1. The number of benzene rings is 2. The second-order valence-corrected chi connectivity index (χ2v) is 5.45. The number of fused-ring (bicyclic) bond motifs is 1. The summed E-state index contributed by atoms with van der Waals surface area (Å²) in [6.45, 7) is 0. The molecule has 1 atom stereocenters. The van der Waals surface area contributed by atoms with Gasteiger partial charge in [0.05, 0.1) is 17.5 Å². The van der Waals surface area contributed by atoms with E-state index in [1.165, 1.54) is 6.07 Å². The molecule has 0 N–H and O–H groups in total. The fourth-order valence-electron chi connectivity index (χ4n) is 2.63. The third-order valence-corrected chi connectivity index (χ3v) is 3.89. The van der Waals surface area contributed by atoms with Gasteiger partial charge in [-0.2, -0.15) is 15.8 Å². The Bertz CT molecular complexity index is 780. The Morgan fingerprint density at radius 3 is 2.82 bits per heavy atom. The number of halogens is 2. The van der Waals surface area contributed by atoms with E-state index in [9.17, 15) is 4.39 Å². The maximum Gasteiger partial charge on any atom is 0.128 e. The Hall–Kier alpha value is -2.38. The summed E-state index contributed by atoms with van der Waals surface area (Å²) in [6.07, 6.45) is 0.797. The van der Waals surface area contributed by atoms with E-state index in [1.54, 1.807) is 12.1 Å². The second kappa shape index (κ2) is 6.17. The van der Waals surface area contributed by atoms with Crippen molar-refractivity contribution in [2.24, 2.45) is 5.10 Å². The van der Waals surface area contributed by atoms with E-state index >= 15 is 0 Å². The molecule has 109 valence electrons. The number of nitrogens with zero attached hydrogens (tertiary/aromatic N) is 3. The molecule has 0 fully saturated rings. The molecule has 0 saturated heterocycles. The van der Waals surface area contributed by atoms with Crippen LogP contribution in [-0.2, 0) is 0 Å². The summed E-state index contributed by atoms with van der Waals surface area (Å²) in [6, 6.07) is 14.3. The molecule has 0 saturated carbocycles. The maximum absolute atomic E-state index is 14.3. The average molecular weight is 313 g/mol. The highest BCUT2D eigenvalue weighted by atomic mass is 35.5. The van der Waals surface area contributed by atoms with Crippen molar-refractivity contribution in [1.29, 1.82) is 5.26 Å². The molecule has 1 radical (unpaired) electrons. The molecule has 1 aliphatic rings. The van der Waals surface area contributed by atoms with Crippen LogP contribution in [0, 0.1) is 17.1 Å². The molecule has 5 heteroatoms. The lowest BCUT2D eigenvalue weighted by Gasteiger charge is -2.17. The Balaban J connectivity index is 2.03. The average Bonchev–Trinajstić information content (AvgIpc) is 2.93. The predicted octanol–water partition coefficient (Wildman–Crippen LogP) is 4.52. The number of hydrogen-bond acceptors (Lipinski definition) is 2. The molecule has 1 aliphatic heterocycles. The van der Waals surface area contributed by atoms with E-state index < -0.39 is 0 Å². The minimum Gasteiger partial charge on any atom is -0.207 e. The van der Waals surface area contributed by atoms with Gasteiger partial charge in [-0.1, -0.05) is 35.9 Å². The second-order valence-electron chi connectivity index (χ2n) is 5.02. The molecule has 3 rings (SSSR count). The van der Waals surface area contributed by atoms with Crippen LogP contribution in [-0.4, -0.2) is 5.71 Å². The van der Waals surface area contributed by atoms with E-state index in [1.807, 2.05) is 24.3 Å². The smallest absolute Gasteiger partial charge is 0.128 e. The molecule has 0 spiro atoms. The Kier molecular flexibility index (Phi) is 4.08. The van der Waals surface area contributed by atoms with Gasteiger partial charge in [0.1, 0.15) is 5.82 Å². The van der Waals surface area contributed by atoms with Crippen molar-refractivity contribution >= 4 is 23.0 Å². The van der Waals surface area contributed by atoms with E-state index in [4.69, 9.17) is 16.9 Å². The molecule has 2 aromatic rings. The van der Waals surface area contributed by atoms with Crippen LogP contribution in [0.15, 0.2) is 47.6 Å². The topological polar surface area (TPSA) is 50.2 Å². The summed E-state index contributed by atoms with van der Waals surface area (Å²) in [5.41, 5.74) is 6.99. The molecule has 0 aliphatic carbocycles. The minimum atomic E-state index is -0.387. The lowest BCUT2D eigenvalue weighted by Crippen LogP contribution is -2.14. The minimum absolute atomic E-state index is 0.313. The molecule has 0 bridgehead atoms. The van der Waals surface area contributed by atoms with Crippen molar-refractivity contribution in [1.82, 2.24) is 5.43 Å². The first kappa shape index (κ1) is 14.6. The zero-order valence-corrected chi connectivity index (χ0v) is 12.4. The highest BCUT2D eigenvalue weighted by Gasteiger charge is 2.28. The Morgan fingerprint density at radius 1 is 1.23 bits per heavy atom. The first-order valence-electron chi connectivity index (χ1n) is 6.90. The summed E-state index contributed by atoms with van der Waals surface area (Å²) in [5.74, 6) is -0.702. The van der Waals surface area contributed by atoms with Crippen LogP contribution < -0.4 is 5.43 Å². The third-order valence-electron chi connectivity index (χ3n) is 3.66. The Morgan fingerprint density at radius 2 is 2.05 bits per heavy atom. The summed E-state index contributed by atoms with van der Waals surface area (Å²) >= 11 is 5.83. The fraction of sp³-hybridized carbons (Fsp3) is 0.176. The first-order chi connectivity index (χ1) is 10.7.